The SMILES string of the molecule is CCC1C(C)N([C@@H]2C[C@@H]3CCCC[C@@H](C3)C2)CC[C@@H]1n1c(=O)c(N2CC[C@H]2C(=O)O)nc2ccccc21. The summed E-state index contributed by atoms with van der Waals surface area (Å²) >= 11 is 0. The van der Waals surface area contributed by atoms with E-state index in [1.54, 1.807) is 4.90 Å². The molecule has 7 atom stereocenters. The van der Waals surface area contributed by atoms with Crippen LogP contribution in [0.25, 0.3) is 11.0 Å². The predicted octanol–water partition coefficient (Wildman–Crippen LogP) is 5.08. The van der Waals surface area contributed by atoms with E-state index in [4.69, 9.17) is 4.98 Å². The summed E-state index contributed by atoms with van der Waals surface area (Å²) in [5.74, 6) is 1.57. The molecule has 2 aromatic rings. The quantitative estimate of drug-likeness (QED) is 0.609. The summed E-state index contributed by atoms with van der Waals surface area (Å²) in [4.78, 5) is 35.0. The first-order valence-electron chi connectivity index (χ1n) is 14.7. The van der Waals surface area contributed by atoms with Crippen molar-refractivity contribution < 1.29 is 9.90 Å². The molecular formula is C30H42N4O3. The Labute approximate surface area is 219 Å². The second-order valence-electron chi connectivity index (χ2n) is 12.2. The van der Waals surface area contributed by atoms with Crippen molar-refractivity contribution >= 4 is 22.8 Å². The fraction of sp³-hybridized carbons (Fsp3) is 0.700. The zero-order chi connectivity index (χ0) is 25.7. The molecule has 2 aliphatic heterocycles. The van der Waals surface area contributed by atoms with Crippen LogP contribution in [0.4, 0.5) is 5.82 Å². The summed E-state index contributed by atoms with van der Waals surface area (Å²) in [7, 11) is 0. The molecule has 2 saturated heterocycles. The number of rotatable bonds is 5. The van der Waals surface area contributed by atoms with Crippen LogP contribution in [0.2, 0.25) is 0 Å². The highest BCUT2D eigenvalue weighted by molar-refractivity contribution is 5.81. The molecule has 7 nitrogen and oxygen atoms in total. The average molecular weight is 507 g/mol. The number of nitrogens with zero attached hydrogens (tertiary/aromatic N) is 4. The predicted molar refractivity (Wildman–Crippen MR) is 146 cm³/mol. The Kier molecular flexibility index (Phi) is 6.76. The Morgan fingerprint density at radius 1 is 1.03 bits per heavy atom. The molecule has 2 bridgehead atoms. The minimum absolute atomic E-state index is 0.0887. The minimum atomic E-state index is -0.881. The Morgan fingerprint density at radius 2 is 1.76 bits per heavy atom. The maximum Gasteiger partial charge on any atom is 0.326 e. The van der Waals surface area contributed by atoms with Gasteiger partial charge in [0.15, 0.2) is 5.82 Å². The molecule has 0 radical (unpaired) electrons. The van der Waals surface area contributed by atoms with Crippen molar-refractivity contribution in [1.82, 2.24) is 14.5 Å². The Bertz CT molecular complexity index is 1200. The molecule has 7 heteroatoms. The number of benzene rings is 1. The minimum Gasteiger partial charge on any atom is -0.480 e. The molecular weight excluding hydrogens is 464 g/mol. The number of carboxylic acids is 1. The van der Waals surface area contributed by atoms with Gasteiger partial charge in [-0.2, -0.15) is 0 Å². The molecule has 0 amide bonds. The van der Waals surface area contributed by atoms with Gasteiger partial charge in [-0.15, -0.1) is 0 Å². The van der Waals surface area contributed by atoms with E-state index in [2.05, 4.69) is 18.7 Å². The van der Waals surface area contributed by atoms with Gasteiger partial charge in [0.1, 0.15) is 6.04 Å². The molecule has 4 fully saturated rings. The number of piperidine rings is 1. The van der Waals surface area contributed by atoms with Crippen molar-refractivity contribution in [2.24, 2.45) is 17.8 Å². The van der Waals surface area contributed by atoms with E-state index in [0.29, 0.717) is 36.8 Å². The van der Waals surface area contributed by atoms with Crippen LogP contribution in [-0.2, 0) is 4.79 Å². The van der Waals surface area contributed by atoms with Crippen LogP contribution >= 0.6 is 0 Å². The zero-order valence-corrected chi connectivity index (χ0v) is 22.4. The number of carbonyl (C=O) groups is 1. The summed E-state index contributed by atoms with van der Waals surface area (Å²) in [6.45, 7) is 6.24. The lowest BCUT2D eigenvalue weighted by Gasteiger charge is -2.50. The molecule has 200 valence electrons. The van der Waals surface area contributed by atoms with Crippen molar-refractivity contribution in [3.05, 3.63) is 34.6 Å². The highest BCUT2D eigenvalue weighted by Gasteiger charge is 2.43. The first-order valence-corrected chi connectivity index (χ1v) is 14.7. The number of fused-ring (bicyclic) bond motifs is 3. The van der Waals surface area contributed by atoms with Gasteiger partial charge in [0.2, 0.25) is 0 Å². The first-order chi connectivity index (χ1) is 18.0. The molecule has 2 aliphatic carbocycles. The highest BCUT2D eigenvalue weighted by Crippen LogP contribution is 2.44. The van der Waals surface area contributed by atoms with Crippen LogP contribution in [0.3, 0.4) is 0 Å². The molecule has 0 spiro atoms. The number of aliphatic carboxylic acids is 1. The van der Waals surface area contributed by atoms with Crippen LogP contribution in [0.15, 0.2) is 29.1 Å². The maximum absolute atomic E-state index is 14.1. The second-order valence-corrected chi connectivity index (χ2v) is 12.2. The number of carboxylic acid groups (broad SMARTS) is 1. The van der Waals surface area contributed by atoms with Gasteiger partial charge in [-0.3, -0.25) is 9.69 Å². The molecule has 1 N–H and O–H groups in total. The molecule has 2 saturated carbocycles. The van der Waals surface area contributed by atoms with Gasteiger partial charge in [0, 0.05) is 31.2 Å². The fourth-order valence-corrected chi connectivity index (χ4v) is 8.41. The Morgan fingerprint density at radius 3 is 2.41 bits per heavy atom. The van der Waals surface area contributed by atoms with E-state index in [0.717, 1.165) is 42.3 Å². The van der Waals surface area contributed by atoms with E-state index in [1.165, 1.54) is 44.9 Å². The summed E-state index contributed by atoms with van der Waals surface area (Å²) < 4.78 is 2.00. The van der Waals surface area contributed by atoms with Gasteiger partial charge >= 0.3 is 5.97 Å². The standard InChI is InChI=1S/C30H42N4O3/c1-3-23-19(2)32(22-17-20-8-4-5-9-21(16-20)18-22)14-12-25(23)34-26-11-7-6-10-24(26)31-28(29(34)35)33-15-13-27(33)30(36)37/h6-7,10-11,19-23,25,27H,3-5,8-9,12-18H2,1-2H3,(H,36,37)/t19?,20-,21+,22-,23?,25-,27-/m0/s1. The van der Waals surface area contributed by atoms with Gasteiger partial charge in [-0.25, -0.2) is 9.78 Å². The number of hydrogen-bond acceptors (Lipinski definition) is 5. The molecule has 4 aliphatic rings. The number of aromatic nitrogens is 2. The average Bonchev–Trinajstić information content (AvgIpc) is 3.02. The number of anilines is 1. The van der Waals surface area contributed by atoms with E-state index >= 15 is 0 Å². The molecule has 2 unspecified atom stereocenters. The summed E-state index contributed by atoms with van der Waals surface area (Å²) in [6.07, 6.45) is 12.3. The van der Waals surface area contributed by atoms with E-state index in [1.807, 2.05) is 28.8 Å². The largest absolute Gasteiger partial charge is 0.480 e. The lowest BCUT2D eigenvalue weighted by atomic mass is 9.74. The monoisotopic (exact) mass is 506 g/mol. The smallest absolute Gasteiger partial charge is 0.326 e. The van der Waals surface area contributed by atoms with Crippen LogP contribution in [0.1, 0.15) is 84.1 Å². The lowest BCUT2D eigenvalue weighted by Crippen LogP contribution is -2.56. The maximum atomic E-state index is 14.1. The van der Waals surface area contributed by atoms with Gasteiger partial charge < -0.3 is 14.6 Å². The van der Waals surface area contributed by atoms with Gasteiger partial charge in [0.25, 0.3) is 5.56 Å². The molecule has 6 rings (SSSR count). The molecule has 3 heterocycles. The van der Waals surface area contributed by atoms with Crippen LogP contribution in [-0.4, -0.2) is 56.7 Å². The summed E-state index contributed by atoms with van der Waals surface area (Å²) in [6, 6.07) is 8.40. The normalized spacial score (nSPS) is 34.6. The van der Waals surface area contributed by atoms with Crippen molar-refractivity contribution in [2.45, 2.75) is 102 Å². The zero-order valence-electron chi connectivity index (χ0n) is 22.4. The van der Waals surface area contributed by atoms with Crippen molar-refractivity contribution in [3.63, 3.8) is 0 Å². The third kappa shape index (κ3) is 4.37. The third-order valence-electron chi connectivity index (χ3n) is 10.3. The van der Waals surface area contributed by atoms with Crippen LogP contribution < -0.4 is 10.5 Å². The van der Waals surface area contributed by atoms with Crippen LogP contribution in [0.5, 0.6) is 0 Å². The highest BCUT2D eigenvalue weighted by atomic mass is 16.4. The van der Waals surface area contributed by atoms with Crippen molar-refractivity contribution in [3.8, 4) is 0 Å². The van der Waals surface area contributed by atoms with E-state index in [-0.39, 0.29) is 11.6 Å². The first kappa shape index (κ1) is 24.9. The summed E-state index contributed by atoms with van der Waals surface area (Å²) in [5.41, 5.74) is 1.52. The van der Waals surface area contributed by atoms with Gasteiger partial charge in [-0.05, 0) is 75.3 Å². The Hall–Kier alpha value is -2.41. The number of para-hydroxylation sites is 2. The van der Waals surface area contributed by atoms with Gasteiger partial charge in [-0.1, -0.05) is 44.7 Å². The number of likely N-dealkylation sites (tertiary alicyclic amines) is 1. The van der Waals surface area contributed by atoms with Gasteiger partial charge in [0.05, 0.1) is 11.0 Å². The molecule has 37 heavy (non-hydrogen) atoms. The molecule has 1 aromatic carbocycles. The topological polar surface area (TPSA) is 78.7 Å². The third-order valence-corrected chi connectivity index (χ3v) is 10.3. The van der Waals surface area contributed by atoms with E-state index in [9.17, 15) is 14.7 Å². The fourth-order valence-electron chi connectivity index (χ4n) is 8.41. The second kappa shape index (κ2) is 10.0. The number of hydrogen-bond donors (Lipinski definition) is 1. The van der Waals surface area contributed by atoms with Crippen molar-refractivity contribution in [1.29, 1.82) is 0 Å². The molecule has 1 aromatic heterocycles. The van der Waals surface area contributed by atoms with E-state index < -0.39 is 12.0 Å². The van der Waals surface area contributed by atoms with Crippen LogP contribution in [0, 0.1) is 17.8 Å². The Balaban J connectivity index is 1.34. The lowest BCUT2D eigenvalue weighted by molar-refractivity contribution is -0.140. The van der Waals surface area contributed by atoms with Crippen molar-refractivity contribution in [2.75, 3.05) is 18.0 Å². The summed E-state index contributed by atoms with van der Waals surface area (Å²) in [5, 5.41) is 9.65.